The summed E-state index contributed by atoms with van der Waals surface area (Å²) < 4.78 is 17.9. The summed E-state index contributed by atoms with van der Waals surface area (Å²) in [6.07, 6.45) is 0.380. The van der Waals surface area contributed by atoms with E-state index in [1.165, 1.54) is 18.5 Å². The Balaban J connectivity index is 1.54. The minimum Gasteiger partial charge on any atom is -0.486 e. The van der Waals surface area contributed by atoms with Gasteiger partial charge in [0.05, 0.1) is 11.5 Å². The smallest absolute Gasteiger partial charge is 0.328 e. The average Bonchev–Trinajstić information content (AvgIpc) is 3.04. The molecule has 0 bridgehead atoms. The van der Waals surface area contributed by atoms with E-state index in [1.807, 2.05) is 25.1 Å². The molecule has 0 aliphatic carbocycles. The molecule has 1 aliphatic heterocycles. The largest absolute Gasteiger partial charge is 0.486 e. The van der Waals surface area contributed by atoms with Crippen LogP contribution in [0.4, 0.5) is 5.69 Å². The first-order valence-electron chi connectivity index (χ1n) is 10.3. The number of fused-ring (bicyclic) bond motifs is 1. The van der Waals surface area contributed by atoms with Gasteiger partial charge in [0.15, 0.2) is 24.2 Å². The number of nitrogens with zero attached hydrogens (tertiary/aromatic N) is 4. The zero-order valence-corrected chi connectivity index (χ0v) is 18.3. The van der Waals surface area contributed by atoms with Crippen molar-refractivity contribution in [2.45, 2.75) is 39.8 Å². The first kappa shape index (κ1) is 23.0. The lowest BCUT2D eigenvalue weighted by Crippen LogP contribution is -2.45. The van der Waals surface area contributed by atoms with E-state index in [4.69, 9.17) is 14.2 Å². The number of aryl methyl sites for hydroxylation is 1. The van der Waals surface area contributed by atoms with E-state index in [-0.39, 0.29) is 35.6 Å². The molecular formula is C21H26N4O7. The van der Waals surface area contributed by atoms with Crippen molar-refractivity contribution < 1.29 is 28.7 Å². The fourth-order valence-electron chi connectivity index (χ4n) is 3.49. The molecule has 0 radical (unpaired) electrons. The van der Waals surface area contributed by atoms with Crippen LogP contribution in [0.3, 0.4) is 0 Å². The topological polar surface area (TPSA) is 126 Å². The molecule has 1 amide bonds. The number of rotatable bonds is 9. The minimum atomic E-state index is -0.707. The molecule has 1 aliphatic rings. The highest BCUT2D eigenvalue weighted by molar-refractivity contribution is 5.80. The molecule has 11 nitrogen and oxygen atoms in total. The third kappa shape index (κ3) is 5.34. The third-order valence-electron chi connectivity index (χ3n) is 5.00. The predicted octanol–water partition coefficient (Wildman–Crippen LogP) is 2.03. The minimum absolute atomic E-state index is 0.140. The molecule has 1 atom stereocenters. The molecule has 2 aromatic rings. The lowest BCUT2D eigenvalue weighted by molar-refractivity contribution is -0.386. The summed E-state index contributed by atoms with van der Waals surface area (Å²) in [6.45, 7) is 5.25. The fourth-order valence-corrected chi connectivity index (χ4v) is 3.49. The Morgan fingerprint density at radius 2 is 2.03 bits per heavy atom. The van der Waals surface area contributed by atoms with Crippen molar-refractivity contribution >= 4 is 17.6 Å². The molecule has 0 saturated carbocycles. The van der Waals surface area contributed by atoms with E-state index in [0.717, 1.165) is 6.42 Å². The number of hydrogen-bond donors (Lipinski definition) is 0. The third-order valence-corrected chi connectivity index (χ3v) is 5.00. The van der Waals surface area contributed by atoms with Gasteiger partial charge in [0.1, 0.15) is 24.5 Å². The Labute approximate surface area is 185 Å². The highest BCUT2D eigenvalue weighted by Gasteiger charge is 2.26. The van der Waals surface area contributed by atoms with Crippen LogP contribution in [-0.2, 0) is 20.9 Å². The lowest BCUT2D eigenvalue weighted by atomic mass is 10.2. The summed E-state index contributed by atoms with van der Waals surface area (Å²) in [6, 6.07) is 7.32. The van der Waals surface area contributed by atoms with E-state index in [1.54, 1.807) is 11.0 Å². The summed E-state index contributed by atoms with van der Waals surface area (Å²) in [5.41, 5.74) is 0.319. The van der Waals surface area contributed by atoms with Gasteiger partial charge in [-0.2, -0.15) is 5.10 Å². The van der Waals surface area contributed by atoms with Gasteiger partial charge in [-0.1, -0.05) is 19.1 Å². The van der Waals surface area contributed by atoms with Crippen LogP contribution in [-0.4, -0.2) is 63.9 Å². The summed E-state index contributed by atoms with van der Waals surface area (Å²) in [5.74, 6) is 0.219. The van der Waals surface area contributed by atoms with E-state index < -0.39 is 17.5 Å². The SMILES string of the molecule is CCCN(C[C@H]1COc2ccccc2O1)C(=O)COC(=O)Cn1nc(C)c([N+](=O)[O-])c1C. The second-order valence-corrected chi connectivity index (χ2v) is 7.43. The summed E-state index contributed by atoms with van der Waals surface area (Å²) in [7, 11) is 0. The lowest BCUT2D eigenvalue weighted by Gasteiger charge is -2.31. The maximum absolute atomic E-state index is 12.7. The van der Waals surface area contributed by atoms with Crippen LogP contribution >= 0.6 is 0 Å². The van der Waals surface area contributed by atoms with Gasteiger partial charge < -0.3 is 19.1 Å². The Hall–Kier alpha value is -3.63. The van der Waals surface area contributed by atoms with Crippen molar-refractivity contribution in [3.63, 3.8) is 0 Å². The molecule has 0 unspecified atom stereocenters. The molecule has 0 saturated heterocycles. The zero-order valence-electron chi connectivity index (χ0n) is 18.3. The highest BCUT2D eigenvalue weighted by atomic mass is 16.6. The van der Waals surface area contributed by atoms with Crippen molar-refractivity contribution in [2.75, 3.05) is 26.3 Å². The molecule has 2 heterocycles. The van der Waals surface area contributed by atoms with Crippen LogP contribution in [0.25, 0.3) is 0 Å². The Kier molecular flexibility index (Phi) is 7.29. The summed E-state index contributed by atoms with van der Waals surface area (Å²) >= 11 is 0. The predicted molar refractivity (Wildman–Crippen MR) is 113 cm³/mol. The van der Waals surface area contributed by atoms with Gasteiger partial charge in [0, 0.05) is 6.54 Å². The van der Waals surface area contributed by atoms with Crippen LogP contribution in [0.1, 0.15) is 24.7 Å². The zero-order chi connectivity index (χ0) is 23.3. The van der Waals surface area contributed by atoms with Gasteiger partial charge in [-0.3, -0.25) is 24.4 Å². The number of para-hydroxylation sites is 2. The first-order chi connectivity index (χ1) is 15.3. The van der Waals surface area contributed by atoms with Gasteiger partial charge >= 0.3 is 11.7 Å². The second kappa shape index (κ2) is 10.1. The summed E-state index contributed by atoms with van der Waals surface area (Å²) in [5, 5.41) is 15.1. The Morgan fingerprint density at radius 3 is 2.69 bits per heavy atom. The Morgan fingerprint density at radius 1 is 1.31 bits per heavy atom. The van der Waals surface area contributed by atoms with E-state index in [0.29, 0.717) is 31.2 Å². The monoisotopic (exact) mass is 446 g/mol. The maximum atomic E-state index is 12.7. The molecule has 0 N–H and O–H groups in total. The van der Waals surface area contributed by atoms with E-state index >= 15 is 0 Å². The van der Waals surface area contributed by atoms with Gasteiger partial charge in [0.25, 0.3) is 5.91 Å². The van der Waals surface area contributed by atoms with Crippen molar-refractivity contribution in [3.05, 3.63) is 45.8 Å². The number of benzene rings is 1. The van der Waals surface area contributed by atoms with Crippen LogP contribution < -0.4 is 9.47 Å². The van der Waals surface area contributed by atoms with Crippen LogP contribution in [0.2, 0.25) is 0 Å². The van der Waals surface area contributed by atoms with Gasteiger partial charge in [-0.05, 0) is 32.4 Å². The highest BCUT2D eigenvalue weighted by Crippen LogP contribution is 2.31. The normalized spacial score (nSPS) is 14.7. The van der Waals surface area contributed by atoms with E-state index in [2.05, 4.69) is 5.10 Å². The number of ether oxygens (including phenoxy) is 3. The van der Waals surface area contributed by atoms with Gasteiger partial charge in [0.2, 0.25) is 0 Å². The van der Waals surface area contributed by atoms with Crippen LogP contribution in [0, 0.1) is 24.0 Å². The standard InChI is InChI=1S/C21H26N4O7/c1-4-9-23(10-16-12-30-17-7-5-6-8-18(17)32-16)19(26)13-31-20(27)11-24-15(3)21(25(28)29)14(2)22-24/h5-8,16H,4,9-13H2,1-3H3/t16-/m0/s1. The molecule has 32 heavy (non-hydrogen) atoms. The molecular weight excluding hydrogens is 420 g/mol. The average molecular weight is 446 g/mol. The van der Waals surface area contributed by atoms with Crippen LogP contribution in [0.5, 0.6) is 11.5 Å². The van der Waals surface area contributed by atoms with E-state index in [9.17, 15) is 19.7 Å². The number of carbonyl (C=O) groups is 2. The van der Waals surface area contributed by atoms with Gasteiger partial charge in [-0.25, -0.2) is 0 Å². The van der Waals surface area contributed by atoms with Crippen molar-refractivity contribution in [2.24, 2.45) is 0 Å². The fraction of sp³-hybridized carbons (Fsp3) is 0.476. The second-order valence-electron chi connectivity index (χ2n) is 7.43. The quantitative estimate of drug-likeness (QED) is 0.325. The number of carbonyl (C=O) groups excluding carboxylic acids is 2. The van der Waals surface area contributed by atoms with Crippen LogP contribution in [0.15, 0.2) is 24.3 Å². The number of aromatic nitrogens is 2. The van der Waals surface area contributed by atoms with Gasteiger partial charge in [-0.15, -0.1) is 0 Å². The van der Waals surface area contributed by atoms with Crippen molar-refractivity contribution in [1.29, 1.82) is 0 Å². The summed E-state index contributed by atoms with van der Waals surface area (Å²) in [4.78, 5) is 37.0. The number of nitro groups is 1. The first-order valence-corrected chi connectivity index (χ1v) is 10.3. The Bertz CT molecular complexity index is 1000. The molecule has 172 valence electrons. The van der Waals surface area contributed by atoms with Crippen molar-refractivity contribution in [3.8, 4) is 11.5 Å². The number of esters is 1. The molecule has 0 spiro atoms. The van der Waals surface area contributed by atoms with Crippen molar-refractivity contribution in [1.82, 2.24) is 14.7 Å². The molecule has 11 heteroatoms. The number of amides is 1. The maximum Gasteiger partial charge on any atom is 0.328 e. The number of hydrogen-bond acceptors (Lipinski definition) is 8. The molecule has 1 aromatic carbocycles. The molecule has 1 aromatic heterocycles. The molecule has 3 rings (SSSR count). The molecule has 0 fully saturated rings.